The number of aromatic amines is 1. The first kappa shape index (κ1) is 18.6. The predicted molar refractivity (Wildman–Crippen MR) is 108 cm³/mol. The lowest BCUT2D eigenvalue weighted by atomic mass is 10.1. The van der Waals surface area contributed by atoms with Gasteiger partial charge in [0.15, 0.2) is 0 Å². The van der Waals surface area contributed by atoms with Gasteiger partial charge in [-0.1, -0.05) is 0 Å². The smallest absolute Gasteiger partial charge is 0.255 e. The number of pyridine rings is 2. The highest BCUT2D eigenvalue weighted by atomic mass is 79.9. The summed E-state index contributed by atoms with van der Waals surface area (Å²) >= 11 is 5.26. The van der Waals surface area contributed by atoms with E-state index in [4.69, 9.17) is 0 Å². The van der Waals surface area contributed by atoms with Gasteiger partial charge >= 0.3 is 0 Å². The fourth-order valence-electron chi connectivity index (χ4n) is 2.29. The molecule has 0 fully saturated rings. The van der Waals surface area contributed by atoms with E-state index in [1.807, 2.05) is 24.3 Å². The van der Waals surface area contributed by atoms with Crippen molar-refractivity contribution in [2.45, 2.75) is 12.2 Å². The molecular weight excluding hydrogens is 414 g/mol. The molecule has 26 heavy (non-hydrogen) atoms. The number of nitrogens with zero attached hydrogens (tertiary/aromatic N) is 3. The molecule has 0 aliphatic heterocycles. The van der Waals surface area contributed by atoms with E-state index in [0.29, 0.717) is 24.5 Å². The maximum absolute atomic E-state index is 12.2. The van der Waals surface area contributed by atoms with Crippen molar-refractivity contribution in [3.63, 3.8) is 0 Å². The molecule has 0 aromatic carbocycles. The lowest BCUT2D eigenvalue weighted by molar-refractivity contribution is 1.00. The van der Waals surface area contributed by atoms with Gasteiger partial charge in [-0.2, -0.15) is 11.8 Å². The average molecular weight is 432 g/mol. The molecule has 0 saturated heterocycles. The van der Waals surface area contributed by atoms with Gasteiger partial charge in [0.1, 0.15) is 0 Å². The second kappa shape index (κ2) is 9.49. The zero-order valence-electron chi connectivity index (χ0n) is 14.0. The van der Waals surface area contributed by atoms with Gasteiger partial charge in [-0.3, -0.25) is 19.7 Å². The van der Waals surface area contributed by atoms with Gasteiger partial charge in [0.2, 0.25) is 5.95 Å². The Morgan fingerprint density at radius 1 is 1.15 bits per heavy atom. The average Bonchev–Trinajstić information content (AvgIpc) is 2.66. The van der Waals surface area contributed by atoms with Gasteiger partial charge in [-0.05, 0) is 45.8 Å². The van der Waals surface area contributed by atoms with Crippen molar-refractivity contribution in [3.8, 4) is 0 Å². The topological polar surface area (TPSA) is 83.6 Å². The minimum Gasteiger partial charge on any atom is -0.355 e. The van der Waals surface area contributed by atoms with Crippen LogP contribution in [-0.4, -0.2) is 32.2 Å². The van der Waals surface area contributed by atoms with E-state index in [1.165, 1.54) is 0 Å². The first-order chi connectivity index (χ1) is 12.7. The summed E-state index contributed by atoms with van der Waals surface area (Å²) in [4.78, 5) is 27.6. The highest BCUT2D eigenvalue weighted by Crippen LogP contribution is 2.18. The van der Waals surface area contributed by atoms with E-state index in [9.17, 15) is 4.79 Å². The molecule has 0 atom stereocenters. The van der Waals surface area contributed by atoms with Gasteiger partial charge in [-0.15, -0.1) is 0 Å². The molecular formula is C18H18BrN5OS. The number of hydrogen-bond acceptors (Lipinski definition) is 6. The lowest BCUT2D eigenvalue weighted by Crippen LogP contribution is -2.18. The summed E-state index contributed by atoms with van der Waals surface area (Å²) in [6.07, 6.45) is 7.39. The van der Waals surface area contributed by atoms with Crippen LogP contribution in [0.25, 0.3) is 0 Å². The number of halogens is 1. The first-order valence-electron chi connectivity index (χ1n) is 8.10. The van der Waals surface area contributed by atoms with Crippen LogP contribution in [0.4, 0.5) is 5.95 Å². The summed E-state index contributed by atoms with van der Waals surface area (Å²) in [7, 11) is 0. The maximum Gasteiger partial charge on any atom is 0.255 e. The van der Waals surface area contributed by atoms with E-state index >= 15 is 0 Å². The lowest BCUT2D eigenvalue weighted by Gasteiger charge is -2.07. The van der Waals surface area contributed by atoms with Crippen LogP contribution < -0.4 is 10.9 Å². The van der Waals surface area contributed by atoms with Crippen molar-refractivity contribution in [3.05, 3.63) is 80.7 Å². The Kier molecular flexibility index (Phi) is 6.79. The molecule has 6 nitrogen and oxygen atoms in total. The Balaban J connectivity index is 1.46. The molecule has 3 heterocycles. The van der Waals surface area contributed by atoms with Crippen LogP contribution in [0.1, 0.15) is 16.8 Å². The predicted octanol–water partition coefficient (Wildman–Crippen LogP) is 3.26. The van der Waals surface area contributed by atoms with Gasteiger partial charge < -0.3 is 5.32 Å². The number of aromatic nitrogens is 4. The van der Waals surface area contributed by atoms with Gasteiger partial charge in [-0.25, -0.2) is 4.98 Å². The fourth-order valence-corrected chi connectivity index (χ4v) is 3.69. The Hall–Kier alpha value is -2.19. The van der Waals surface area contributed by atoms with Gasteiger partial charge in [0.05, 0.1) is 5.69 Å². The molecule has 3 rings (SSSR count). The van der Waals surface area contributed by atoms with Crippen molar-refractivity contribution >= 4 is 33.6 Å². The molecule has 134 valence electrons. The molecule has 0 radical (unpaired) electrons. The molecule has 0 saturated carbocycles. The Morgan fingerprint density at radius 3 is 2.77 bits per heavy atom. The molecule has 0 aliphatic rings. The summed E-state index contributed by atoms with van der Waals surface area (Å²) in [6.45, 7) is 0.710. The molecule has 3 aromatic rings. The standard InChI is InChI=1S/C18H18BrN5OS/c19-15-2-1-5-21-16(15)12-26-9-8-22-18-23-11-14(17(25)24-18)10-13-3-6-20-7-4-13/h1-7,11H,8-10,12H2,(H2,22,23,24,25). The number of nitrogens with one attached hydrogen (secondary N) is 2. The Labute approximate surface area is 164 Å². The van der Waals surface area contributed by atoms with Crippen molar-refractivity contribution in [2.75, 3.05) is 17.6 Å². The summed E-state index contributed by atoms with van der Waals surface area (Å²) in [6, 6.07) is 7.68. The van der Waals surface area contributed by atoms with Crippen LogP contribution in [0, 0.1) is 0 Å². The summed E-state index contributed by atoms with van der Waals surface area (Å²) in [5, 5.41) is 3.15. The highest BCUT2D eigenvalue weighted by Gasteiger charge is 2.04. The Morgan fingerprint density at radius 2 is 2.00 bits per heavy atom. The minimum atomic E-state index is -0.121. The number of thioether (sulfide) groups is 1. The van der Waals surface area contributed by atoms with Crippen molar-refractivity contribution in [2.24, 2.45) is 0 Å². The van der Waals surface area contributed by atoms with Crippen molar-refractivity contribution in [1.29, 1.82) is 0 Å². The maximum atomic E-state index is 12.2. The molecule has 0 aliphatic carbocycles. The van der Waals surface area contributed by atoms with Crippen LogP contribution in [0.5, 0.6) is 0 Å². The minimum absolute atomic E-state index is 0.121. The summed E-state index contributed by atoms with van der Waals surface area (Å²) in [5.41, 5.74) is 2.58. The fraction of sp³-hybridized carbons (Fsp3) is 0.222. The highest BCUT2D eigenvalue weighted by molar-refractivity contribution is 9.10. The zero-order valence-corrected chi connectivity index (χ0v) is 16.4. The second-order valence-electron chi connectivity index (χ2n) is 5.53. The Bertz CT molecular complexity index is 903. The largest absolute Gasteiger partial charge is 0.355 e. The molecule has 0 amide bonds. The van der Waals surface area contributed by atoms with Crippen LogP contribution in [0.15, 0.2) is 58.3 Å². The summed E-state index contributed by atoms with van der Waals surface area (Å²) < 4.78 is 1.02. The molecule has 0 bridgehead atoms. The van der Waals surface area contributed by atoms with E-state index in [1.54, 1.807) is 36.5 Å². The zero-order chi connectivity index (χ0) is 18.2. The molecule has 0 spiro atoms. The molecule has 3 aromatic heterocycles. The first-order valence-corrected chi connectivity index (χ1v) is 10.1. The van der Waals surface area contributed by atoms with E-state index in [2.05, 4.69) is 41.2 Å². The monoisotopic (exact) mass is 431 g/mol. The van der Waals surface area contributed by atoms with Gasteiger partial charge in [0, 0.05) is 59.3 Å². The number of rotatable bonds is 8. The molecule has 2 N–H and O–H groups in total. The van der Waals surface area contributed by atoms with E-state index in [-0.39, 0.29) is 5.56 Å². The number of anilines is 1. The third-order valence-corrected chi connectivity index (χ3v) is 5.32. The second-order valence-corrected chi connectivity index (χ2v) is 7.49. The van der Waals surface area contributed by atoms with E-state index in [0.717, 1.165) is 27.2 Å². The third-order valence-electron chi connectivity index (χ3n) is 3.63. The molecule has 8 heteroatoms. The summed E-state index contributed by atoms with van der Waals surface area (Å²) in [5.74, 6) is 2.21. The third kappa shape index (κ3) is 5.40. The van der Waals surface area contributed by atoms with Crippen molar-refractivity contribution in [1.82, 2.24) is 19.9 Å². The number of H-pyrrole nitrogens is 1. The van der Waals surface area contributed by atoms with Crippen molar-refractivity contribution < 1.29 is 0 Å². The normalized spacial score (nSPS) is 10.7. The van der Waals surface area contributed by atoms with Crippen LogP contribution in [0.3, 0.4) is 0 Å². The van der Waals surface area contributed by atoms with Gasteiger partial charge in [0.25, 0.3) is 5.56 Å². The van der Waals surface area contributed by atoms with Crippen LogP contribution in [0.2, 0.25) is 0 Å². The van der Waals surface area contributed by atoms with E-state index < -0.39 is 0 Å². The molecule has 0 unspecified atom stereocenters. The SMILES string of the molecule is O=c1[nH]c(NCCSCc2ncccc2Br)ncc1Cc1ccncc1. The number of hydrogen-bond donors (Lipinski definition) is 2. The quantitative estimate of drug-likeness (QED) is 0.532. The van der Waals surface area contributed by atoms with Crippen LogP contribution in [-0.2, 0) is 12.2 Å². The van der Waals surface area contributed by atoms with Crippen LogP contribution >= 0.6 is 27.7 Å².